The van der Waals surface area contributed by atoms with Crippen LogP contribution in [0.4, 0.5) is 10.1 Å². The van der Waals surface area contributed by atoms with Crippen molar-refractivity contribution in [3.05, 3.63) is 59.0 Å². The minimum atomic E-state index is -0.299. The van der Waals surface area contributed by atoms with Crippen LogP contribution in [-0.2, 0) is 4.74 Å². The second kappa shape index (κ2) is 6.82. The van der Waals surface area contributed by atoms with Gasteiger partial charge < -0.3 is 10.1 Å². The third-order valence-electron chi connectivity index (χ3n) is 3.96. The van der Waals surface area contributed by atoms with E-state index in [-0.39, 0.29) is 11.9 Å². The lowest BCUT2D eigenvalue weighted by Crippen LogP contribution is -2.13. The van der Waals surface area contributed by atoms with Crippen molar-refractivity contribution in [2.45, 2.75) is 40.2 Å². The fourth-order valence-electron chi connectivity index (χ4n) is 2.47. The number of rotatable bonds is 5. The average Bonchev–Trinajstić information content (AvgIpc) is 2.46. The summed E-state index contributed by atoms with van der Waals surface area (Å²) in [6, 6.07) is 4.17. The molecule has 1 N–H and O–H groups in total. The smallest absolute Gasteiger partial charge is 0.125 e. The van der Waals surface area contributed by atoms with Gasteiger partial charge in [0.05, 0.1) is 0 Å². The number of ether oxygens (including phenoxy) is 1. The SMILES string of the molecule is C=C(OC1C=C(F)C(C)=CC1)c1cc(C)c(C)cc1NCC. The third-order valence-corrected chi connectivity index (χ3v) is 3.96. The molecule has 0 amide bonds. The zero-order valence-corrected chi connectivity index (χ0v) is 13.8. The molecule has 1 aliphatic carbocycles. The summed E-state index contributed by atoms with van der Waals surface area (Å²) in [6.45, 7) is 12.8. The first kappa shape index (κ1) is 16.3. The second-order valence-electron chi connectivity index (χ2n) is 5.73. The molecule has 1 unspecified atom stereocenters. The van der Waals surface area contributed by atoms with Crippen LogP contribution in [0.3, 0.4) is 0 Å². The largest absolute Gasteiger partial charge is 0.486 e. The van der Waals surface area contributed by atoms with Crippen LogP contribution in [-0.4, -0.2) is 12.6 Å². The van der Waals surface area contributed by atoms with E-state index in [2.05, 4.69) is 44.8 Å². The van der Waals surface area contributed by atoms with Crippen molar-refractivity contribution >= 4 is 11.4 Å². The average molecular weight is 301 g/mol. The summed E-state index contributed by atoms with van der Waals surface area (Å²) in [5.41, 5.74) is 5.01. The molecule has 0 fully saturated rings. The summed E-state index contributed by atoms with van der Waals surface area (Å²) < 4.78 is 19.6. The molecule has 22 heavy (non-hydrogen) atoms. The van der Waals surface area contributed by atoms with E-state index in [0.717, 1.165) is 17.8 Å². The van der Waals surface area contributed by atoms with Gasteiger partial charge in [0.15, 0.2) is 0 Å². The Morgan fingerprint density at radius 3 is 2.64 bits per heavy atom. The van der Waals surface area contributed by atoms with Crippen molar-refractivity contribution in [3.8, 4) is 0 Å². The van der Waals surface area contributed by atoms with E-state index in [0.29, 0.717) is 17.8 Å². The highest BCUT2D eigenvalue weighted by Crippen LogP contribution is 2.30. The van der Waals surface area contributed by atoms with Gasteiger partial charge in [-0.2, -0.15) is 0 Å². The Bertz CT molecular complexity index is 643. The summed E-state index contributed by atoms with van der Waals surface area (Å²) in [7, 11) is 0. The number of hydrogen-bond acceptors (Lipinski definition) is 2. The Hall–Kier alpha value is -2.03. The highest BCUT2D eigenvalue weighted by molar-refractivity contribution is 5.73. The molecule has 1 aromatic carbocycles. The highest BCUT2D eigenvalue weighted by Gasteiger charge is 2.17. The van der Waals surface area contributed by atoms with Gasteiger partial charge in [0.25, 0.3) is 0 Å². The quantitative estimate of drug-likeness (QED) is 0.746. The van der Waals surface area contributed by atoms with Crippen LogP contribution in [0, 0.1) is 13.8 Å². The Morgan fingerprint density at radius 1 is 1.32 bits per heavy atom. The third kappa shape index (κ3) is 3.59. The summed E-state index contributed by atoms with van der Waals surface area (Å²) in [5, 5.41) is 3.34. The minimum Gasteiger partial charge on any atom is -0.486 e. The predicted octanol–water partition coefficient (Wildman–Crippen LogP) is 5.29. The van der Waals surface area contributed by atoms with Gasteiger partial charge in [-0.25, -0.2) is 4.39 Å². The maximum atomic E-state index is 13.7. The molecule has 0 heterocycles. The zero-order chi connectivity index (χ0) is 16.3. The Labute approximate surface area is 132 Å². The molecular formula is C19H24FNO. The molecule has 2 rings (SSSR count). The van der Waals surface area contributed by atoms with Crippen LogP contribution >= 0.6 is 0 Å². The topological polar surface area (TPSA) is 21.3 Å². The molecule has 2 nitrogen and oxygen atoms in total. The normalized spacial score (nSPS) is 17.6. The first-order valence-electron chi connectivity index (χ1n) is 7.67. The second-order valence-corrected chi connectivity index (χ2v) is 5.73. The van der Waals surface area contributed by atoms with Crippen molar-refractivity contribution in [2.24, 2.45) is 0 Å². The molecule has 1 aliphatic rings. The van der Waals surface area contributed by atoms with Gasteiger partial charge in [0, 0.05) is 24.2 Å². The predicted molar refractivity (Wildman–Crippen MR) is 91.6 cm³/mol. The molecule has 0 bridgehead atoms. The summed E-state index contributed by atoms with van der Waals surface area (Å²) in [5.74, 6) is 0.358. The lowest BCUT2D eigenvalue weighted by Gasteiger charge is -2.22. The highest BCUT2D eigenvalue weighted by atomic mass is 19.1. The van der Waals surface area contributed by atoms with Gasteiger partial charge in [0.2, 0.25) is 0 Å². The van der Waals surface area contributed by atoms with Crippen LogP contribution in [0.5, 0.6) is 0 Å². The summed E-state index contributed by atoms with van der Waals surface area (Å²) >= 11 is 0. The number of benzene rings is 1. The zero-order valence-electron chi connectivity index (χ0n) is 13.8. The molecule has 3 heteroatoms. The first-order valence-corrected chi connectivity index (χ1v) is 7.67. The van der Waals surface area contributed by atoms with Crippen molar-refractivity contribution in [1.82, 2.24) is 0 Å². The summed E-state index contributed by atoms with van der Waals surface area (Å²) in [4.78, 5) is 0. The number of anilines is 1. The van der Waals surface area contributed by atoms with E-state index in [1.54, 1.807) is 6.92 Å². The number of halogens is 1. The van der Waals surface area contributed by atoms with Crippen molar-refractivity contribution in [1.29, 1.82) is 0 Å². The number of aryl methyl sites for hydroxylation is 2. The standard InChI is InChI=1S/C19H24FNO/c1-6-21-19-10-14(4)13(3)9-17(19)15(5)22-16-8-7-12(2)18(20)11-16/h7,9-11,16,21H,5-6,8H2,1-4H3. The van der Waals surface area contributed by atoms with Crippen LogP contribution in [0.2, 0.25) is 0 Å². The number of nitrogens with one attached hydrogen (secondary N) is 1. The minimum absolute atomic E-state index is 0.212. The van der Waals surface area contributed by atoms with E-state index in [9.17, 15) is 4.39 Å². The Kier molecular flexibility index (Phi) is 5.07. The van der Waals surface area contributed by atoms with E-state index in [4.69, 9.17) is 4.74 Å². The van der Waals surface area contributed by atoms with Gasteiger partial charge in [0.1, 0.15) is 17.7 Å². The van der Waals surface area contributed by atoms with Gasteiger partial charge in [-0.1, -0.05) is 12.7 Å². The van der Waals surface area contributed by atoms with Crippen LogP contribution in [0.1, 0.15) is 37.0 Å². The maximum Gasteiger partial charge on any atom is 0.125 e. The molecule has 0 radical (unpaired) electrons. The summed E-state index contributed by atoms with van der Waals surface area (Å²) in [6.07, 6.45) is 3.75. The van der Waals surface area contributed by atoms with Crippen LogP contribution in [0.15, 0.2) is 42.3 Å². The molecule has 0 saturated carbocycles. The van der Waals surface area contributed by atoms with E-state index in [1.807, 2.05) is 6.08 Å². The van der Waals surface area contributed by atoms with Crippen molar-refractivity contribution in [3.63, 3.8) is 0 Å². The molecule has 0 aromatic heterocycles. The lowest BCUT2D eigenvalue weighted by molar-refractivity contribution is 0.210. The Morgan fingerprint density at radius 2 is 2.00 bits per heavy atom. The van der Waals surface area contributed by atoms with Crippen LogP contribution < -0.4 is 5.32 Å². The van der Waals surface area contributed by atoms with Crippen molar-refractivity contribution < 1.29 is 9.13 Å². The molecule has 1 aromatic rings. The molecular weight excluding hydrogens is 277 g/mol. The van der Waals surface area contributed by atoms with Crippen LogP contribution in [0.25, 0.3) is 5.76 Å². The maximum absolute atomic E-state index is 13.7. The first-order chi connectivity index (χ1) is 10.4. The Balaban J connectivity index is 2.21. The molecule has 118 valence electrons. The van der Waals surface area contributed by atoms with Gasteiger partial charge in [-0.15, -0.1) is 0 Å². The van der Waals surface area contributed by atoms with E-state index >= 15 is 0 Å². The van der Waals surface area contributed by atoms with E-state index in [1.165, 1.54) is 17.2 Å². The molecule has 0 saturated heterocycles. The molecule has 0 spiro atoms. The van der Waals surface area contributed by atoms with Crippen molar-refractivity contribution in [2.75, 3.05) is 11.9 Å². The fraction of sp³-hybridized carbons (Fsp3) is 0.368. The number of hydrogen-bond donors (Lipinski definition) is 1. The van der Waals surface area contributed by atoms with Gasteiger partial charge in [-0.3, -0.25) is 0 Å². The molecule has 1 atom stereocenters. The lowest BCUT2D eigenvalue weighted by atomic mass is 10.0. The van der Waals surface area contributed by atoms with E-state index < -0.39 is 0 Å². The van der Waals surface area contributed by atoms with Gasteiger partial charge in [-0.05, 0) is 62.6 Å². The number of allylic oxidation sites excluding steroid dienone is 2. The monoisotopic (exact) mass is 301 g/mol. The molecule has 0 aliphatic heterocycles. The fourth-order valence-corrected chi connectivity index (χ4v) is 2.47. The van der Waals surface area contributed by atoms with Gasteiger partial charge >= 0.3 is 0 Å².